The van der Waals surface area contributed by atoms with Crippen molar-refractivity contribution in [3.05, 3.63) is 330 Å². The molecule has 29 heteroatoms. The molecule has 4 saturated carbocycles. The number of carbonyl (C=O) groups is 7. The minimum Gasteiger partial charge on any atom is -0.481 e. The average molecular weight is 2110 g/mol. The second-order valence-corrected chi connectivity index (χ2v) is 42.3. The topological polar surface area (TPSA) is 320 Å². The van der Waals surface area contributed by atoms with Crippen LogP contribution in [0.4, 0.5) is 10.9 Å². The van der Waals surface area contributed by atoms with Crippen LogP contribution in [0.3, 0.4) is 0 Å². The lowest BCUT2D eigenvalue weighted by Gasteiger charge is -2.32. The van der Waals surface area contributed by atoms with Gasteiger partial charge in [0.25, 0.3) is 0 Å². The first-order valence-corrected chi connectivity index (χ1v) is 50.2. The maximum Gasteiger partial charge on any atom is 0.494 e. The number of benzene rings is 6. The maximum atomic E-state index is 12.9. The molecule has 1 aliphatic heterocycles. The average Bonchev–Trinajstić information content (AvgIpc) is 1.62. The number of rotatable bonds is 28. The van der Waals surface area contributed by atoms with Crippen LogP contribution in [0.5, 0.6) is 0 Å². The van der Waals surface area contributed by atoms with Crippen LogP contribution in [-0.4, -0.2) is 99.4 Å². The molecule has 7 heterocycles. The van der Waals surface area contributed by atoms with Gasteiger partial charge < -0.3 is 36.3 Å². The second kappa shape index (κ2) is 50.1. The summed E-state index contributed by atoms with van der Waals surface area (Å²) in [6.45, 7) is 26.2. The van der Waals surface area contributed by atoms with Crippen LogP contribution in [-0.2, 0) is 68.6 Å². The fourth-order valence-corrected chi connectivity index (χ4v) is 18.7. The zero-order chi connectivity index (χ0) is 95.5. The number of carbonyl (C=O) groups excluding carboxylic acids is 5. The van der Waals surface area contributed by atoms with Gasteiger partial charge in [-0.15, -0.1) is 45.3 Å². The number of thiazole rings is 4. The third kappa shape index (κ3) is 33.2. The van der Waals surface area contributed by atoms with Gasteiger partial charge in [-0.3, -0.25) is 38.5 Å². The molecule has 1 amide bonds. The minimum atomic E-state index is -0.798. The number of nitrogens with two attached hydrogens (primary N) is 2. The normalized spacial score (nSPS) is 15.5. The molecule has 5 aliphatic rings. The van der Waals surface area contributed by atoms with E-state index in [0.717, 1.165) is 94.9 Å². The van der Waals surface area contributed by atoms with Gasteiger partial charge in [0.2, 0.25) is 5.91 Å². The van der Waals surface area contributed by atoms with Crippen molar-refractivity contribution in [3.63, 3.8) is 0 Å². The highest BCUT2D eigenvalue weighted by Gasteiger charge is 2.52. The molecule has 12 aromatic rings. The smallest absolute Gasteiger partial charge is 0.481 e. The van der Waals surface area contributed by atoms with Crippen LogP contribution >= 0.6 is 109 Å². The van der Waals surface area contributed by atoms with E-state index in [1.54, 1.807) is 83.7 Å². The van der Waals surface area contributed by atoms with Crippen molar-refractivity contribution in [2.75, 3.05) is 11.1 Å². The molecule has 6 aromatic heterocycles. The standard InChI is InChI=1S/C25H24N2O2S.C22H28BNO3S.C16H16BrNOS.2C9H9BrO2.C8H7BrN2O.C8H11N.C6H8N2S/c1-3-22(28)12-21-10-9-20(14-26-21)19-6-4-5-18(11-19)16(2)23(29)13-25-27-15-24(30-25)17-7-8-17;1-14(18(25)12-20-24-13-19(28-20)15-9-10-15)16-7-6-8-17(11-16)23-26-21(2,3)22(4,5)27-23;1-10(12-3-2-4-13(17)7-12)14(19)8-16-18-9-15(20-16)11-5-6-11;2*1-6(9(11)12)7-3-2-4-8(10)5-7;1-2-8(12)11-7-4-3-6(9)5-10-7;1-7(9)8-5-3-2-4-6-8;7-6-8-3-5(9-6)4-1-2-4/h3-6,9-11,14-17H,1,7-8,12-13H2,2H3;6-8,11,13-15H,9-10,12H2,1-5H3;2-4,7,9-11H,5-6,8H2,1H3;2*2-6H,1H3,(H,11,12);2-5H,1H2,(H,10,11,12);2-7H,9H2,1H3;3-4H,1-2H2,(H2,7,8)/t16-;14-;10-;6-;;;;/m0000..../s1. The van der Waals surface area contributed by atoms with Gasteiger partial charge in [0, 0.05) is 110 Å². The lowest BCUT2D eigenvalue weighted by Crippen LogP contribution is -2.41. The van der Waals surface area contributed by atoms with E-state index in [2.05, 4.69) is 112 Å². The van der Waals surface area contributed by atoms with Crippen molar-refractivity contribution in [1.82, 2.24) is 29.9 Å². The SMILES string of the molecule is C=CC(=O)Cc1ccc(-c2cccc([C@H](C)C(=O)Cc3ncc(C4CC4)s3)c2)cn1.C=CC(=O)Nc1ccc(Br)cn1.CC(C(=O)O)c1cccc(Br)c1.CC(N)c1ccccc1.C[C@H](C(=O)Cc1ncc(C2CC2)s1)c1cccc(B2OC(C)(C)C(C)(C)O2)c1.C[C@H](C(=O)Cc1ncc(C2CC2)s1)c1cccc(Br)c1.C[C@H](C(=O)O)c1cccc(Br)c1.Nc1ncc(C2CC2)s1. The number of aromatic nitrogens is 6. The molecule has 0 spiro atoms. The van der Waals surface area contributed by atoms with E-state index < -0.39 is 30.9 Å². The van der Waals surface area contributed by atoms with Gasteiger partial charge in [0.05, 0.1) is 48.7 Å². The zero-order valence-corrected chi connectivity index (χ0v) is 85.3. The molecule has 17 rings (SSSR count). The fraction of sp³-hybridized carbons (Fsp3) is 0.330. The number of nitrogens with zero attached hydrogens (tertiary/aromatic N) is 6. The zero-order valence-electron chi connectivity index (χ0n) is 75.7. The first-order valence-electron chi connectivity index (χ1n) is 43.8. The summed E-state index contributed by atoms with van der Waals surface area (Å²) in [7, 11) is -0.410. The lowest BCUT2D eigenvalue weighted by atomic mass is 9.77. The monoisotopic (exact) mass is 2110 g/mol. The maximum absolute atomic E-state index is 12.9. The van der Waals surface area contributed by atoms with E-state index in [4.69, 9.17) is 31.0 Å². The van der Waals surface area contributed by atoms with Crippen LogP contribution in [0, 0.1) is 0 Å². The molecule has 0 radical (unpaired) electrons. The van der Waals surface area contributed by atoms with E-state index in [1.165, 1.54) is 88.6 Å². The number of hydrogen-bond acceptors (Lipinski definition) is 21. The van der Waals surface area contributed by atoms with Crippen LogP contribution in [0.15, 0.2) is 256 Å². The Kier molecular flexibility index (Phi) is 39.6. The molecule has 0 bridgehead atoms. The van der Waals surface area contributed by atoms with Gasteiger partial charge in [-0.05, 0) is 251 Å². The summed E-state index contributed by atoms with van der Waals surface area (Å²) < 4.78 is 16.0. The fourth-order valence-electron chi connectivity index (χ4n) is 13.1. The number of halogens is 4. The summed E-state index contributed by atoms with van der Waals surface area (Å²) in [5.74, 6) is 0.771. The summed E-state index contributed by atoms with van der Waals surface area (Å²) in [5.41, 5.74) is 19.8. The van der Waals surface area contributed by atoms with Crippen molar-refractivity contribution in [2.24, 2.45) is 5.73 Å². The Hall–Kier alpha value is -9.63. The molecular weight excluding hydrogens is 2000 g/mol. The molecule has 132 heavy (non-hydrogen) atoms. The summed E-state index contributed by atoms with van der Waals surface area (Å²) in [4.78, 5) is 113. The Morgan fingerprint density at radius 1 is 0.432 bits per heavy atom. The highest BCUT2D eigenvalue weighted by Crippen LogP contribution is 2.46. The molecule has 20 nitrogen and oxygen atoms in total. The van der Waals surface area contributed by atoms with E-state index >= 15 is 0 Å². The largest absolute Gasteiger partial charge is 0.494 e. The molecule has 7 N–H and O–H groups in total. The predicted molar refractivity (Wildman–Crippen MR) is 547 cm³/mol. The van der Waals surface area contributed by atoms with Crippen LogP contribution < -0.4 is 22.2 Å². The number of Topliss-reactive ketones (excluding diaryl/α,β-unsaturated/α-hetero) is 3. The van der Waals surface area contributed by atoms with E-state index in [1.807, 2.05) is 244 Å². The second-order valence-electron chi connectivity index (χ2n) is 34.1. The van der Waals surface area contributed by atoms with Crippen molar-refractivity contribution in [3.8, 4) is 11.1 Å². The third-order valence-corrected chi connectivity index (χ3v) is 29.4. The number of aliphatic carboxylic acids is 2. The quantitative estimate of drug-likeness (QED) is 0.0225. The number of carboxylic acid groups (broad SMARTS) is 2. The number of carboxylic acids is 2. The van der Waals surface area contributed by atoms with Gasteiger partial charge >= 0.3 is 19.1 Å². The molecule has 4 aliphatic carbocycles. The number of nitrogens with one attached hydrogen (secondary N) is 1. The Morgan fingerprint density at radius 3 is 1.18 bits per heavy atom. The van der Waals surface area contributed by atoms with Crippen LogP contribution in [0.25, 0.3) is 11.1 Å². The summed E-state index contributed by atoms with van der Waals surface area (Å²) in [6.07, 6.45) is 25.4. The molecule has 1 saturated heterocycles. The summed E-state index contributed by atoms with van der Waals surface area (Å²) >= 11 is 20.0. The Bertz CT molecular complexity index is 5820. The third-order valence-electron chi connectivity index (χ3n) is 22.9. The molecule has 6 atom stereocenters. The minimum absolute atomic E-state index is 0.0472. The van der Waals surface area contributed by atoms with Crippen molar-refractivity contribution in [2.45, 2.75) is 217 Å². The Balaban J connectivity index is 0.000000163. The molecule has 5 fully saturated rings. The van der Waals surface area contributed by atoms with E-state index in [9.17, 15) is 33.6 Å². The highest BCUT2D eigenvalue weighted by molar-refractivity contribution is 9.11. The van der Waals surface area contributed by atoms with Crippen molar-refractivity contribution in [1.29, 1.82) is 0 Å². The lowest BCUT2D eigenvalue weighted by molar-refractivity contribution is -0.139. The number of amides is 1. The van der Waals surface area contributed by atoms with Crippen molar-refractivity contribution >= 4 is 174 Å². The number of anilines is 2. The highest BCUT2D eigenvalue weighted by atomic mass is 79.9. The van der Waals surface area contributed by atoms with Gasteiger partial charge in [-0.25, -0.2) is 24.9 Å². The Morgan fingerprint density at radius 2 is 0.826 bits per heavy atom. The first kappa shape index (κ1) is 104. The number of pyridine rings is 2. The van der Waals surface area contributed by atoms with E-state index in [0.29, 0.717) is 42.0 Å². The summed E-state index contributed by atoms with van der Waals surface area (Å²) in [5, 5.41) is 23.5. The molecule has 2 unspecified atom stereocenters. The Labute approximate surface area is 824 Å². The number of hydrogen-bond donors (Lipinski definition) is 5. The number of nitrogen functional groups attached to an aromatic ring is 1. The number of allylic oxidation sites excluding steroid dienone is 1. The van der Waals surface area contributed by atoms with Gasteiger partial charge in [0.1, 0.15) is 38.2 Å². The molecule has 6 aromatic carbocycles. The van der Waals surface area contributed by atoms with Gasteiger partial charge in [-0.1, -0.05) is 203 Å². The van der Waals surface area contributed by atoms with Crippen LogP contribution in [0.2, 0.25) is 0 Å². The van der Waals surface area contributed by atoms with Crippen molar-refractivity contribution < 1.29 is 53.1 Å². The number of ketones is 4. The van der Waals surface area contributed by atoms with E-state index in [-0.39, 0.29) is 70.5 Å². The first-order chi connectivity index (χ1) is 62.9. The van der Waals surface area contributed by atoms with Gasteiger partial charge in [-0.2, -0.15) is 0 Å². The van der Waals surface area contributed by atoms with Gasteiger partial charge in [0.15, 0.2) is 10.9 Å². The predicted octanol–water partition coefficient (Wildman–Crippen LogP) is 24.8. The van der Waals surface area contributed by atoms with Crippen LogP contribution in [0.1, 0.15) is 254 Å². The molecule has 690 valence electrons. The molecular formula is C103H112BBr4N9O11S4. The summed E-state index contributed by atoms with van der Waals surface area (Å²) in [6, 6.07) is 56.2.